The van der Waals surface area contributed by atoms with Crippen molar-refractivity contribution in [3.8, 4) is 16.8 Å². The van der Waals surface area contributed by atoms with Gasteiger partial charge < -0.3 is 4.57 Å². The van der Waals surface area contributed by atoms with Crippen LogP contribution in [0.2, 0.25) is 0 Å². The Morgan fingerprint density at radius 1 is 0.345 bits per heavy atom. The first-order valence-electron chi connectivity index (χ1n) is 19.2. The summed E-state index contributed by atoms with van der Waals surface area (Å²) in [4.78, 5) is 0. The van der Waals surface area contributed by atoms with Crippen molar-refractivity contribution in [2.45, 2.75) is 11.3 Å². The third kappa shape index (κ3) is 4.80. The normalized spacial score (nSPS) is 13.5. The zero-order chi connectivity index (χ0) is 36.3. The van der Waals surface area contributed by atoms with Gasteiger partial charge in [0.25, 0.3) is 0 Å². The number of rotatable bonds is 6. The van der Waals surface area contributed by atoms with Crippen molar-refractivity contribution in [3.63, 3.8) is 0 Å². The second-order valence-corrected chi connectivity index (χ2v) is 14.8. The molecule has 1 nitrogen and oxygen atoms in total. The number of hydrogen-bond acceptors (Lipinski definition) is 0. The molecule has 0 fully saturated rings. The molecule has 11 rings (SSSR count). The van der Waals surface area contributed by atoms with Crippen LogP contribution in [0.1, 0.15) is 44.9 Å². The molecule has 0 bridgehead atoms. The van der Waals surface area contributed by atoms with Crippen LogP contribution in [0.25, 0.3) is 49.4 Å². The maximum Gasteiger partial charge on any atom is 0.0713 e. The molecule has 0 spiro atoms. The summed E-state index contributed by atoms with van der Waals surface area (Å²) in [6.07, 6.45) is 0. The van der Waals surface area contributed by atoms with E-state index >= 15 is 0 Å². The topological polar surface area (TPSA) is 4.93 Å². The number of fused-ring (bicyclic) bond motifs is 7. The van der Waals surface area contributed by atoms with Crippen LogP contribution in [-0.4, -0.2) is 4.57 Å². The molecule has 0 saturated carbocycles. The second kappa shape index (κ2) is 12.6. The van der Waals surface area contributed by atoms with E-state index in [1.807, 2.05) is 0 Å². The van der Waals surface area contributed by atoms with Crippen LogP contribution < -0.4 is 0 Å². The quantitative estimate of drug-likeness (QED) is 0.152. The van der Waals surface area contributed by atoms with Crippen LogP contribution in [0.3, 0.4) is 0 Å². The molecule has 1 unspecified atom stereocenters. The highest BCUT2D eigenvalue weighted by Gasteiger charge is 2.46. The molecule has 9 aromatic carbocycles. The van der Waals surface area contributed by atoms with Gasteiger partial charge in [-0.25, -0.2) is 0 Å². The molecule has 0 saturated heterocycles. The van der Waals surface area contributed by atoms with Gasteiger partial charge in [0.1, 0.15) is 0 Å². The van der Waals surface area contributed by atoms with Gasteiger partial charge in [0.15, 0.2) is 0 Å². The van der Waals surface area contributed by atoms with Crippen LogP contribution in [0.15, 0.2) is 218 Å². The first-order valence-corrected chi connectivity index (χ1v) is 19.2. The summed E-state index contributed by atoms with van der Waals surface area (Å²) in [5.41, 5.74) is 14.8. The fourth-order valence-corrected chi connectivity index (χ4v) is 9.63. The minimum absolute atomic E-state index is 0.0190. The highest BCUT2D eigenvalue weighted by atomic mass is 15.0. The Hall–Kier alpha value is -6.96. The predicted octanol–water partition coefficient (Wildman–Crippen LogP) is 13.5. The summed E-state index contributed by atoms with van der Waals surface area (Å²) in [6.45, 7) is 0. The highest BCUT2D eigenvalue weighted by molar-refractivity contribution is 6.09. The standard InChI is InChI=1S/C54H37N/c1-4-18-42(19-5-1)54(43-20-6-2-7-21-43)49-26-14-12-24-45(49)46-32-30-40(35-50(46)54)53(39-29-28-37-16-10-11-17-38(37)34-39)41-31-33-48-47-25-13-15-27-51(47)55(52(48)36-41)44-22-8-3-9-23-44/h1-36,53H. The number of para-hydroxylation sites is 2. The Bertz CT molecular complexity index is 2990. The molecule has 1 heteroatoms. The van der Waals surface area contributed by atoms with Gasteiger partial charge in [-0.05, 0) is 85.1 Å². The molecular weight excluding hydrogens is 663 g/mol. The van der Waals surface area contributed by atoms with Gasteiger partial charge in [-0.1, -0.05) is 194 Å². The molecule has 0 amide bonds. The summed E-state index contributed by atoms with van der Waals surface area (Å²) in [6, 6.07) is 81.1. The van der Waals surface area contributed by atoms with Gasteiger partial charge in [0.2, 0.25) is 0 Å². The lowest BCUT2D eigenvalue weighted by Crippen LogP contribution is -2.28. The largest absolute Gasteiger partial charge is 0.309 e. The summed E-state index contributed by atoms with van der Waals surface area (Å²) < 4.78 is 2.43. The van der Waals surface area contributed by atoms with Crippen LogP contribution in [-0.2, 0) is 5.41 Å². The van der Waals surface area contributed by atoms with Gasteiger partial charge in [-0.3, -0.25) is 0 Å². The highest BCUT2D eigenvalue weighted by Crippen LogP contribution is 2.57. The SMILES string of the molecule is c1ccc(-n2c3ccccc3c3ccc(C(c4ccc5c(c4)C(c4ccccc4)(c4ccccc4)c4ccccc4-5)c4ccc5ccccc5c4)cc32)cc1. The monoisotopic (exact) mass is 699 g/mol. The number of aromatic nitrogens is 1. The molecule has 1 atom stereocenters. The molecule has 0 aliphatic heterocycles. The van der Waals surface area contributed by atoms with Crippen molar-refractivity contribution in [2.75, 3.05) is 0 Å². The van der Waals surface area contributed by atoms with Crippen molar-refractivity contribution in [2.24, 2.45) is 0 Å². The van der Waals surface area contributed by atoms with Crippen LogP contribution in [0, 0.1) is 0 Å². The van der Waals surface area contributed by atoms with Crippen LogP contribution in [0.5, 0.6) is 0 Å². The average Bonchev–Trinajstić information content (AvgIpc) is 3.75. The fourth-order valence-electron chi connectivity index (χ4n) is 9.63. The number of nitrogens with zero attached hydrogens (tertiary/aromatic N) is 1. The molecule has 0 N–H and O–H groups in total. The lowest BCUT2D eigenvalue weighted by molar-refractivity contribution is 0.765. The summed E-state index contributed by atoms with van der Waals surface area (Å²) in [7, 11) is 0. The van der Waals surface area contributed by atoms with E-state index in [1.54, 1.807) is 0 Å². The molecule has 10 aromatic rings. The minimum Gasteiger partial charge on any atom is -0.309 e. The van der Waals surface area contributed by atoms with E-state index in [0.717, 1.165) is 0 Å². The molecule has 0 radical (unpaired) electrons. The van der Waals surface area contributed by atoms with Crippen LogP contribution >= 0.6 is 0 Å². The van der Waals surface area contributed by atoms with E-state index in [0.29, 0.717) is 0 Å². The predicted molar refractivity (Wildman–Crippen MR) is 229 cm³/mol. The molecular formula is C54H37N. The third-order valence-electron chi connectivity index (χ3n) is 12.0. The lowest BCUT2D eigenvalue weighted by atomic mass is 9.67. The van der Waals surface area contributed by atoms with E-state index in [-0.39, 0.29) is 5.92 Å². The average molecular weight is 700 g/mol. The van der Waals surface area contributed by atoms with Crippen molar-refractivity contribution in [1.29, 1.82) is 0 Å². The summed E-state index contributed by atoms with van der Waals surface area (Å²) in [5.74, 6) is -0.0190. The molecule has 1 aliphatic carbocycles. The van der Waals surface area contributed by atoms with Crippen molar-refractivity contribution >= 4 is 32.6 Å². The smallest absolute Gasteiger partial charge is 0.0713 e. The first-order chi connectivity index (χ1) is 27.3. The van der Waals surface area contributed by atoms with E-state index in [4.69, 9.17) is 0 Å². The van der Waals surface area contributed by atoms with E-state index in [2.05, 4.69) is 223 Å². The van der Waals surface area contributed by atoms with Gasteiger partial charge in [-0.2, -0.15) is 0 Å². The molecule has 1 aliphatic rings. The van der Waals surface area contributed by atoms with Gasteiger partial charge in [0, 0.05) is 22.4 Å². The second-order valence-electron chi connectivity index (χ2n) is 14.8. The Kier molecular flexibility index (Phi) is 7.22. The fraction of sp³-hybridized carbons (Fsp3) is 0.0370. The number of benzene rings is 9. The summed E-state index contributed by atoms with van der Waals surface area (Å²) in [5, 5.41) is 5.03. The molecule has 1 heterocycles. The molecule has 1 aromatic heterocycles. The Balaban J connectivity index is 1.20. The Morgan fingerprint density at radius 3 is 1.67 bits per heavy atom. The van der Waals surface area contributed by atoms with Gasteiger partial charge >= 0.3 is 0 Å². The maximum atomic E-state index is 2.53. The van der Waals surface area contributed by atoms with Crippen LogP contribution in [0.4, 0.5) is 0 Å². The lowest BCUT2D eigenvalue weighted by Gasteiger charge is -2.34. The molecule has 258 valence electrons. The molecule has 55 heavy (non-hydrogen) atoms. The van der Waals surface area contributed by atoms with Crippen molar-refractivity contribution < 1.29 is 0 Å². The van der Waals surface area contributed by atoms with E-state index in [9.17, 15) is 0 Å². The zero-order valence-electron chi connectivity index (χ0n) is 30.3. The van der Waals surface area contributed by atoms with Gasteiger partial charge in [0.05, 0.1) is 16.4 Å². The Morgan fingerprint density at radius 2 is 0.891 bits per heavy atom. The minimum atomic E-state index is -0.470. The van der Waals surface area contributed by atoms with E-state index in [1.165, 1.54) is 88.3 Å². The third-order valence-corrected chi connectivity index (χ3v) is 12.0. The van der Waals surface area contributed by atoms with Gasteiger partial charge in [-0.15, -0.1) is 0 Å². The van der Waals surface area contributed by atoms with Crippen molar-refractivity contribution in [3.05, 3.63) is 257 Å². The van der Waals surface area contributed by atoms with Crippen molar-refractivity contribution in [1.82, 2.24) is 4.57 Å². The first kappa shape index (κ1) is 31.6. The number of hydrogen-bond donors (Lipinski definition) is 0. The Labute approximate surface area is 321 Å². The summed E-state index contributed by atoms with van der Waals surface area (Å²) >= 11 is 0. The van der Waals surface area contributed by atoms with E-state index < -0.39 is 5.41 Å². The zero-order valence-corrected chi connectivity index (χ0v) is 30.3. The maximum absolute atomic E-state index is 2.53.